The summed E-state index contributed by atoms with van der Waals surface area (Å²) < 4.78 is 6.54. The average molecular weight is 276 g/mol. The molecule has 108 valence electrons. The summed E-state index contributed by atoms with van der Waals surface area (Å²) in [6.45, 7) is 1.26. The number of nitrogens with one attached hydrogen (secondary N) is 1. The molecule has 0 aromatic carbocycles. The predicted octanol–water partition coefficient (Wildman–Crippen LogP) is -1.50. The summed E-state index contributed by atoms with van der Waals surface area (Å²) in [6.07, 6.45) is -0.581. The van der Waals surface area contributed by atoms with Crippen molar-refractivity contribution in [3.8, 4) is 0 Å². The molecule has 0 saturated carbocycles. The van der Waals surface area contributed by atoms with Crippen LogP contribution in [0.2, 0.25) is 0 Å². The first-order chi connectivity index (χ1) is 9.02. The summed E-state index contributed by atoms with van der Waals surface area (Å²) in [5, 5.41) is 30.5. The molecule has 19 heavy (non-hydrogen) atoms. The lowest BCUT2D eigenvalue weighted by molar-refractivity contribution is -0.176. The van der Waals surface area contributed by atoms with Crippen LogP contribution in [0, 0.1) is 6.92 Å². The summed E-state index contributed by atoms with van der Waals surface area (Å²) in [5.74, 6) is 0. The van der Waals surface area contributed by atoms with E-state index >= 15 is 0 Å². The van der Waals surface area contributed by atoms with Crippen molar-refractivity contribution >= 4 is 0 Å². The fraction of sp³-hybridized carbons (Fsp3) is 0.600. The number of aromatic amines is 1. The number of hydrogen-bond acceptors (Lipinski definition) is 7. The van der Waals surface area contributed by atoms with Crippen LogP contribution in [0.4, 0.5) is 0 Å². The smallest absolute Gasteiger partial charge is 0.330 e. The maximum absolute atomic E-state index is 11.6. The molecule has 2 rings (SSSR count). The largest absolute Gasteiger partial charge is 0.394 e. The SMILES string of the molecule is Cc1cn([C@H]2C[C@H](O)[C@@H](CO)O2)c(=O)[nH]c1=O.OO. The van der Waals surface area contributed by atoms with Crippen LogP contribution in [0.5, 0.6) is 0 Å². The van der Waals surface area contributed by atoms with Crippen molar-refractivity contribution in [3.05, 3.63) is 32.6 Å². The molecule has 0 aliphatic carbocycles. The van der Waals surface area contributed by atoms with Crippen molar-refractivity contribution in [1.29, 1.82) is 0 Å². The van der Waals surface area contributed by atoms with E-state index in [-0.39, 0.29) is 13.0 Å². The van der Waals surface area contributed by atoms with E-state index < -0.39 is 29.7 Å². The molecule has 2 heterocycles. The highest BCUT2D eigenvalue weighted by Gasteiger charge is 2.34. The number of rotatable bonds is 2. The molecular weight excluding hydrogens is 260 g/mol. The number of hydrogen-bond donors (Lipinski definition) is 5. The van der Waals surface area contributed by atoms with Crippen LogP contribution in [-0.4, -0.2) is 49.1 Å². The maximum atomic E-state index is 11.6. The molecule has 0 bridgehead atoms. The van der Waals surface area contributed by atoms with Crippen molar-refractivity contribution < 1.29 is 25.5 Å². The zero-order valence-corrected chi connectivity index (χ0v) is 10.2. The van der Waals surface area contributed by atoms with Gasteiger partial charge in [0.1, 0.15) is 12.3 Å². The van der Waals surface area contributed by atoms with Crippen LogP contribution in [0.15, 0.2) is 15.8 Å². The number of aliphatic hydroxyl groups is 2. The van der Waals surface area contributed by atoms with E-state index in [1.807, 2.05) is 0 Å². The topological polar surface area (TPSA) is 145 Å². The summed E-state index contributed by atoms with van der Waals surface area (Å²) >= 11 is 0. The monoisotopic (exact) mass is 276 g/mol. The third-order valence-electron chi connectivity index (χ3n) is 2.84. The van der Waals surface area contributed by atoms with Gasteiger partial charge in [0.15, 0.2) is 0 Å². The van der Waals surface area contributed by atoms with Crippen LogP contribution in [0.25, 0.3) is 0 Å². The van der Waals surface area contributed by atoms with Crippen molar-refractivity contribution in [2.24, 2.45) is 0 Å². The van der Waals surface area contributed by atoms with Gasteiger partial charge in [-0.3, -0.25) is 24.9 Å². The Labute approximate surface area is 107 Å². The third-order valence-corrected chi connectivity index (χ3v) is 2.84. The van der Waals surface area contributed by atoms with Crippen molar-refractivity contribution in [1.82, 2.24) is 9.55 Å². The molecule has 9 nitrogen and oxygen atoms in total. The highest BCUT2D eigenvalue weighted by Crippen LogP contribution is 2.27. The van der Waals surface area contributed by atoms with Crippen LogP contribution < -0.4 is 11.2 Å². The van der Waals surface area contributed by atoms with E-state index in [0.29, 0.717) is 5.56 Å². The number of ether oxygens (including phenoxy) is 1. The summed E-state index contributed by atoms with van der Waals surface area (Å²) in [6, 6.07) is 0. The summed E-state index contributed by atoms with van der Waals surface area (Å²) in [7, 11) is 0. The van der Waals surface area contributed by atoms with E-state index in [9.17, 15) is 14.7 Å². The Bertz CT molecular complexity index is 523. The zero-order chi connectivity index (χ0) is 14.6. The molecule has 0 amide bonds. The second-order valence-corrected chi connectivity index (χ2v) is 4.09. The van der Waals surface area contributed by atoms with Gasteiger partial charge in [0.2, 0.25) is 0 Å². The fourth-order valence-electron chi connectivity index (χ4n) is 1.85. The minimum absolute atomic E-state index is 0.205. The minimum atomic E-state index is -0.816. The fourth-order valence-corrected chi connectivity index (χ4v) is 1.85. The lowest BCUT2D eigenvalue weighted by Gasteiger charge is -2.14. The number of aromatic nitrogens is 2. The second kappa shape index (κ2) is 6.59. The predicted molar refractivity (Wildman–Crippen MR) is 62.9 cm³/mol. The molecule has 0 unspecified atom stereocenters. The highest BCUT2D eigenvalue weighted by molar-refractivity contribution is 5.02. The van der Waals surface area contributed by atoms with Gasteiger partial charge in [-0.1, -0.05) is 0 Å². The molecule has 1 aromatic heterocycles. The van der Waals surface area contributed by atoms with Gasteiger partial charge in [-0.2, -0.15) is 0 Å². The number of H-pyrrole nitrogens is 1. The molecule has 1 fully saturated rings. The van der Waals surface area contributed by atoms with Gasteiger partial charge in [0, 0.05) is 18.2 Å². The molecule has 0 radical (unpaired) electrons. The Morgan fingerprint density at radius 1 is 1.47 bits per heavy atom. The standard InChI is InChI=1S/C10H14N2O5.H2O2/c1-5-3-12(10(16)11-9(5)15)8-2-6(14)7(4-13)17-8;1-2/h3,6-8,13-14H,2,4H2,1H3,(H,11,15,16);1-2H/t6-,7+,8+;/m0./s1. The molecule has 1 aromatic rings. The maximum Gasteiger partial charge on any atom is 0.330 e. The van der Waals surface area contributed by atoms with Crippen LogP contribution in [0.3, 0.4) is 0 Å². The van der Waals surface area contributed by atoms with Crippen LogP contribution in [0.1, 0.15) is 18.2 Å². The first-order valence-electron chi connectivity index (χ1n) is 5.49. The van der Waals surface area contributed by atoms with Gasteiger partial charge in [-0.15, -0.1) is 0 Å². The lowest BCUT2D eigenvalue weighted by Crippen LogP contribution is -2.33. The molecule has 3 atom stereocenters. The Morgan fingerprint density at radius 2 is 2.11 bits per heavy atom. The molecule has 1 aliphatic heterocycles. The van der Waals surface area contributed by atoms with Crippen molar-refractivity contribution in [3.63, 3.8) is 0 Å². The first-order valence-corrected chi connectivity index (χ1v) is 5.49. The molecule has 1 saturated heterocycles. The average Bonchev–Trinajstić information content (AvgIpc) is 2.77. The summed E-state index contributed by atoms with van der Waals surface area (Å²) in [5.41, 5.74) is -0.643. The van der Waals surface area contributed by atoms with Crippen LogP contribution >= 0.6 is 0 Å². The molecular formula is C10H16N2O7. The van der Waals surface area contributed by atoms with Gasteiger partial charge in [0.25, 0.3) is 5.56 Å². The second-order valence-electron chi connectivity index (χ2n) is 4.09. The highest BCUT2D eigenvalue weighted by atomic mass is 17.0. The Morgan fingerprint density at radius 3 is 2.63 bits per heavy atom. The first kappa shape index (κ1) is 15.5. The Hall–Kier alpha value is -1.52. The van der Waals surface area contributed by atoms with E-state index in [4.69, 9.17) is 20.4 Å². The minimum Gasteiger partial charge on any atom is -0.394 e. The molecule has 5 N–H and O–H groups in total. The van der Waals surface area contributed by atoms with Gasteiger partial charge in [-0.05, 0) is 6.92 Å². The van der Waals surface area contributed by atoms with Gasteiger partial charge >= 0.3 is 5.69 Å². The molecule has 9 heteroatoms. The molecule has 0 spiro atoms. The van der Waals surface area contributed by atoms with Crippen molar-refractivity contribution in [2.45, 2.75) is 31.8 Å². The third kappa shape index (κ3) is 3.28. The normalized spacial score (nSPS) is 25.8. The summed E-state index contributed by atoms with van der Waals surface area (Å²) in [4.78, 5) is 24.9. The van der Waals surface area contributed by atoms with E-state index in [0.717, 1.165) is 0 Å². The van der Waals surface area contributed by atoms with E-state index in [1.165, 1.54) is 10.8 Å². The Kier molecular flexibility index (Phi) is 5.39. The molecule has 1 aliphatic rings. The van der Waals surface area contributed by atoms with E-state index in [1.54, 1.807) is 6.92 Å². The van der Waals surface area contributed by atoms with Gasteiger partial charge in [0.05, 0.1) is 12.7 Å². The zero-order valence-electron chi connectivity index (χ0n) is 10.2. The van der Waals surface area contributed by atoms with E-state index in [2.05, 4.69) is 4.98 Å². The number of aliphatic hydroxyl groups excluding tert-OH is 2. The van der Waals surface area contributed by atoms with Gasteiger partial charge in [-0.25, -0.2) is 4.79 Å². The van der Waals surface area contributed by atoms with Crippen LogP contribution in [-0.2, 0) is 4.74 Å². The number of aryl methyl sites for hydroxylation is 1. The lowest BCUT2D eigenvalue weighted by atomic mass is 10.2. The quantitative estimate of drug-likeness (QED) is 0.326. The Balaban J connectivity index is 0.000000861. The van der Waals surface area contributed by atoms with Crippen molar-refractivity contribution in [2.75, 3.05) is 6.61 Å². The van der Waals surface area contributed by atoms with Gasteiger partial charge < -0.3 is 14.9 Å². The number of nitrogens with zero attached hydrogens (tertiary/aromatic N) is 1.